The van der Waals surface area contributed by atoms with Gasteiger partial charge in [0.2, 0.25) is 5.91 Å². The van der Waals surface area contributed by atoms with Gasteiger partial charge in [-0.25, -0.2) is 4.79 Å². The molecule has 0 radical (unpaired) electrons. The fraction of sp³-hybridized carbons (Fsp3) is 0.467. The highest BCUT2D eigenvalue weighted by Crippen LogP contribution is 2.04. The van der Waals surface area contributed by atoms with Gasteiger partial charge in [0, 0.05) is 13.5 Å². The Morgan fingerprint density at radius 1 is 1.20 bits per heavy atom. The smallest absolute Gasteiger partial charge is 0.407 e. The van der Waals surface area contributed by atoms with Gasteiger partial charge in [-0.15, -0.1) is 0 Å². The highest BCUT2D eigenvalue weighted by molar-refractivity contribution is 5.85. The molecule has 2 amide bonds. The normalized spacial score (nSPS) is 11.8. The van der Waals surface area contributed by atoms with E-state index in [1.807, 2.05) is 44.2 Å². The third-order valence-electron chi connectivity index (χ3n) is 2.69. The van der Waals surface area contributed by atoms with Gasteiger partial charge >= 0.3 is 6.09 Å². The molecule has 0 unspecified atom stereocenters. The van der Waals surface area contributed by atoms with E-state index in [1.54, 1.807) is 7.05 Å². The van der Waals surface area contributed by atoms with Crippen LogP contribution in [0.2, 0.25) is 0 Å². The highest BCUT2D eigenvalue weighted by atomic mass is 16.5. The van der Waals surface area contributed by atoms with Crippen molar-refractivity contribution < 1.29 is 14.3 Å². The number of carbonyl (C=O) groups is 2. The Morgan fingerprint density at radius 2 is 1.85 bits per heavy atom. The van der Waals surface area contributed by atoms with Crippen molar-refractivity contribution in [3.8, 4) is 0 Å². The topological polar surface area (TPSA) is 67.4 Å². The Hall–Kier alpha value is -2.04. The Morgan fingerprint density at radius 3 is 2.40 bits per heavy atom. The number of nitrogens with one attached hydrogen (secondary N) is 2. The molecule has 5 heteroatoms. The molecule has 1 atom stereocenters. The van der Waals surface area contributed by atoms with E-state index in [-0.39, 0.29) is 11.8 Å². The Bertz CT molecular complexity index is 432. The number of ether oxygens (including phenoxy) is 1. The molecule has 2 N–H and O–H groups in total. The van der Waals surface area contributed by atoms with Crippen molar-refractivity contribution in [2.45, 2.75) is 26.3 Å². The van der Waals surface area contributed by atoms with Crippen LogP contribution in [0.5, 0.6) is 0 Å². The second-order valence-corrected chi connectivity index (χ2v) is 4.99. The SMILES string of the molecule is CNC(=O)[C@H](Cc1ccccc1)NC(=O)OCC(C)C. The lowest BCUT2D eigenvalue weighted by molar-refractivity contribution is -0.122. The molecule has 1 aromatic rings. The van der Waals surface area contributed by atoms with Gasteiger partial charge in [0.05, 0.1) is 6.61 Å². The lowest BCUT2D eigenvalue weighted by atomic mass is 10.1. The van der Waals surface area contributed by atoms with Crippen molar-refractivity contribution in [1.29, 1.82) is 0 Å². The van der Waals surface area contributed by atoms with E-state index in [1.165, 1.54) is 0 Å². The minimum Gasteiger partial charge on any atom is -0.449 e. The summed E-state index contributed by atoms with van der Waals surface area (Å²) < 4.78 is 5.04. The monoisotopic (exact) mass is 278 g/mol. The van der Waals surface area contributed by atoms with E-state index in [0.29, 0.717) is 13.0 Å². The number of hydrogen-bond acceptors (Lipinski definition) is 3. The number of likely N-dealkylation sites (N-methyl/N-ethyl adjacent to an activating group) is 1. The summed E-state index contributed by atoms with van der Waals surface area (Å²) in [6, 6.07) is 8.89. The first-order chi connectivity index (χ1) is 9.52. The van der Waals surface area contributed by atoms with Crippen LogP contribution >= 0.6 is 0 Å². The van der Waals surface area contributed by atoms with Gasteiger partial charge in [-0.2, -0.15) is 0 Å². The van der Waals surface area contributed by atoms with Crippen LogP contribution < -0.4 is 10.6 Å². The molecule has 0 heterocycles. The molecule has 5 nitrogen and oxygen atoms in total. The maximum Gasteiger partial charge on any atom is 0.407 e. The molecule has 1 rings (SSSR count). The summed E-state index contributed by atoms with van der Waals surface area (Å²) in [5.74, 6) is 0.0173. The molecule has 20 heavy (non-hydrogen) atoms. The van der Waals surface area contributed by atoms with E-state index in [4.69, 9.17) is 4.74 Å². The lowest BCUT2D eigenvalue weighted by Gasteiger charge is -2.17. The molecule has 0 saturated heterocycles. The molecule has 0 aliphatic rings. The van der Waals surface area contributed by atoms with Gasteiger partial charge in [0.25, 0.3) is 0 Å². The highest BCUT2D eigenvalue weighted by Gasteiger charge is 2.20. The van der Waals surface area contributed by atoms with Crippen LogP contribution in [0.25, 0.3) is 0 Å². The molecule has 0 aliphatic carbocycles. The van der Waals surface area contributed by atoms with Crippen LogP contribution in [0.15, 0.2) is 30.3 Å². The maximum absolute atomic E-state index is 11.8. The Labute approximate surface area is 119 Å². The van der Waals surface area contributed by atoms with Gasteiger partial charge in [-0.3, -0.25) is 4.79 Å². The molecule has 0 saturated carbocycles. The third-order valence-corrected chi connectivity index (χ3v) is 2.69. The summed E-state index contributed by atoms with van der Waals surface area (Å²) in [6.07, 6.45) is -0.139. The quantitative estimate of drug-likeness (QED) is 0.832. The average molecular weight is 278 g/mol. The Kier molecular flexibility index (Phi) is 6.56. The first kappa shape index (κ1) is 16.0. The number of amides is 2. The Balaban J connectivity index is 2.61. The minimum atomic E-state index is -0.637. The molecule has 0 aliphatic heterocycles. The zero-order valence-corrected chi connectivity index (χ0v) is 12.2. The van der Waals surface area contributed by atoms with Gasteiger partial charge in [0.1, 0.15) is 6.04 Å². The molecular weight excluding hydrogens is 256 g/mol. The number of alkyl carbamates (subject to hydrolysis) is 1. The summed E-state index contributed by atoms with van der Waals surface area (Å²) in [5, 5.41) is 5.14. The fourth-order valence-electron chi connectivity index (χ4n) is 1.66. The second kappa shape index (κ2) is 8.19. The summed E-state index contributed by atoms with van der Waals surface area (Å²) in [6.45, 7) is 4.23. The molecule has 1 aromatic carbocycles. The number of benzene rings is 1. The summed E-state index contributed by atoms with van der Waals surface area (Å²) in [7, 11) is 1.54. The van der Waals surface area contributed by atoms with E-state index in [0.717, 1.165) is 5.56 Å². The summed E-state index contributed by atoms with van der Waals surface area (Å²) in [4.78, 5) is 23.5. The number of carbonyl (C=O) groups excluding carboxylic acids is 2. The second-order valence-electron chi connectivity index (χ2n) is 4.99. The van der Waals surface area contributed by atoms with Crippen LogP contribution in [0.4, 0.5) is 4.79 Å². The van der Waals surface area contributed by atoms with Gasteiger partial charge in [-0.05, 0) is 11.5 Å². The van der Waals surface area contributed by atoms with Gasteiger partial charge in [-0.1, -0.05) is 44.2 Å². The summed E-state index contributed by atoms with van der Waals surface area (Å²) >= 11 is 0. The first-order valence-electron chi connectivity index (χ1n) is 6.71. The predicted octanol–water partition coefficient (Wildman–Crippen LogP) is 1.73. The van der Waals surface area contributed by atoms with Crippen molar-refractivity contribution in [2.24, 2.45) is 5.92 Å². The van der Waals surface area contributed by atoms with Crippen LogP contribution in [0, 0.1) is 5.92 Å². The molecule has 110 valence electrons. The summed E-state index contributed by atoms with van der Waals surface area (Å²) in [5.41, 5.74) is 0.977. The van der Waals surface area contributed by atoms with Gasteiger partial charge in [0.15, 0.2) is 0 Å². The largest absolute Gasteiger partial charge is 0.449 e. The number of rotatable bonds is 6. The van der Waals surface area contributed by atoms with Crippen LogP contribution in [0.3, 0.4) is 0 Å². The van der Waals surface area contributed by atoms with Crippen molar-refractivity contribution >= 4 is 12.0 Å². The molecule has 0 fully saturated rings. The van der Waals surface area contributed by atoms with Gasteiger partial charge < -0.3 is 15.4 Å². The zero-order valence-electron chi connectivity index (χ0n) is 12.2. The van der Waals surface area contributed by atoms with E-state index in [2.05, 4.69) is 10.6 Å². The molecular formula is C15H22N2O3. The van der Waals surface area contributed by atoms with Crippen molar-refractivity contribution in [2.75, 3.05) is 13.7 Å². The van der Waals surface area contributed by atoms with Crippen LogP contribution in [-0.2, 0) is 16.0 Å². The minimum absolute atomic E-state index is 0.240. The first-order valence-corrected chi connectivity index (χ1v) is 6.71. The van der Waals surface area contributed by atoms with E-state index >= 15 is 0 Å². The zero-order chi connectivity index (χ0) is 15.0. The van der Waals surface area contributed by atoms with Crippen LogP contribution in [0.1, 0.15) is 19.4 Å². The standard InChI is InChI=1S/C15H22N2O3/c1-11(2)10-20-15(19)17-13(14(18)16-3)9-12-7-5-4-6-8-12/h4-8,11,13H,9-10H2,1-3H3,(H,16,18)(H,17,19)/t13-/m0/s1. The fourth-order valence-corrected chi connectivity index (χ4v) is 1.66. The van der Waals surface area contributed by atoms with E-state index in [9.17, 15) is 9.59 Å². The molecule has 0 spiro atoms. The third kappa shape index (κ3) is 5.73. The number of hydrogen-bond donors (Lipinski definition) is 2. The average Bonchev–Trinajstić information content (AvgIpc) is 2.44. The lowest BCUT2D eigenvalue weighted by Crippen LogP contribution is -2.47. The molecule has 0 bridgehead atoms. The predicted molar refractivity (Wildman–Crippen MR) is 77.3 cm³/mol. The maximum atomic E-state index is 11.8. The molecule has 0 aromatic heterocycles. The van der Waals surface area contributed by atoms with Crippen molar-refractivity contribution in [3.63, 3.8) is 0 Å². The van der Waals surface area contributed by atoms with E-state index < -0.39 is 12.1 Å². The van der Waals surface area contributed by atoms with Crippen LogP contribution in [-0.4, -0.2) is 31.7 Å². The van der Waals surface area contributed by atoms with Crippen molar-refractivity contribution in [3.05, 3.63) is 35.9 Å². The van der Waals surface area contributed by atoms with Crippen molar-refractivity contribution in [1.82, 2.24) is 10.6 Å².